The summed E-state index contributed by atoms with van der Waals surface area (Å²) in [5.41, 5.74) is 8.99. The van der Waals surface area contributed by atoms with E-state index in [0.29, 0.717) is 6.04 Å². The summed E-state index contributed by atoms with van der Waals surface area (Å²) in [7, 11) is 2.23. The summed E-state index contributed by atoms with van der Waals surface area (Å²) in [5.74, 6) is 0. The Morgan fingerprint density at radius 1 is 1.24 bits per heavy atom. The average molecular weight is 232 g/mol. The van der Waals surface area contributed by atoms with Gasteiger partial charge in [0.2, 0.25) is 0 Å². The summed E-state index contributed by atoms with van der Waals surface area (Å²) in [5, 5.41) is 0. The number of fused-ring (bicyclic) bond motifs is 1. The van der Waals surface area contributed by atoms with Gasteiger partial charge in [-0.15, -0.1) is 0 Å². The van der Waals surface area contributed by atoms with Crippen molar-refractivity contribution in [3.63, 3.8) is 0 Å². The molecule has 2 atom stereocenters. The SMILES string of the molecule is CCCCCN(C)C1CC(N)c2ccccc21. The highest BCUT2D eigenvalue weighted by Crippen LogP contribution is 2.40. The Labute approximate surface area is 105 Å². The topological polar surface area (TPSA) is 29.3 Å². The van der Waals surface area contributed by atoms with Gasteiger partial charge in [0, 0.05) is 12.1 Å². The molecule has 2 nitrogen and oxygen atoms in total. The van der Waals surface area contributed by atoms with Crippen molar-refractivity contribution in [2.45, 2.75) is 44.7 Å². The molecule has 2 heteroatoms. The van der Waals surface area contributed by atoms with Gasteiger partial charge in [-0.05, 0) is 37.6 Å². The van der Waals surface area contributed by atoms with E-state index < -0.39 is 0 Å². The van der Waals surface area contributed by atoms with Gasteiger partial charge in [0.15, 0.2) is 0 Å². The lowest BCUT2D eigenvalue weighted by atomic mass is 10.1. The number of hydrogen-bond acceptors (Lipinski definition) is 2. The van der Waals surface area contributed by atoms with Crippen LogP contribution in [0.4, 0.5) is 0 Å². The first-order chi connectivity index (χ1) is 8.24. The Morgan fingerprint density at radius 2 is 1.94 bits per heavy atom. The van der Waals surface area contributed by atoms with E-state index in [1.165, 1.54) is 36.9 Å². The van der Waals surface area contributed by atoms with E-state index in [1.54, 1.807) is 0 Å². The molecular formula is C15H24N2. The van der Waals surface area contributed by atoms with Gasteiger partial charge in [-0.1, -0.05) is 44.0 Å². The Morgan fingerprint density at radius 3 is 2.65 bits per heavy atom. The fourth-order valence-electron chi connectivity index (χ4n) is 2.83. The van der Waals surface area contributed by atoms with Gasteiger partial charge < -0.3 is 5.73 Å². The highest BCUT2D eigenvalue weighted by molar-refractivity contribution is 5.37. The number of nitrogens with two attached hydrogens (primary N) is 1. The van der Waals surface area contributed by atoms with E-state index in [9.17, 15) is 0 Å². The van der Waals surface area contributed by atoms with E-state index in [2.05, 4.69) is 43.1 Å². The first-order valence-corrected chi connectivity index (χ1v) is 6.78. The standard InChI is InChI=1S/C15H24N2/c1-3-4-7-10-17(2)15-11-14(16)12-8-5-6-9-13(12)15/h5-6,8-9,14-15H,3-4,7,10-11,16H2,1-2H3. The van der Waals surface area contributed by atoms with Crippen LogP contribution in [0.15, 0.2) is 24.3 Å². The van der Waals surface area contributed by atoms with Gasteiger partial charge in [-0.25, -0.2) is 0 Å². The molecule has 1 aliphatic carbocycles. The number of unbranched alkanes of at least 4 members (excludes halogenated alkanes) is 2. The molecule has 0 bridgehead atoms. The van der Waals surface area contributed by atoms with Crippen molar-refractivity contribution >= 4 is 0 Å². The third-order valence-corrected chi connectivity index (χ3v) is 3.88. The molecule has 94 valence electrons. The monoisotopic (exact) mass is 232 g/mol. The fourth-order valence-corrected chi connectivity index (χ4v) is 2.83. The lowest BCUT2D eigenvalue weighted by Gasteiger charge is -2.25. The highest BCUT2D eigenvalue weighted by atomic mass is 15.1. The van der Waals surface area contributed by atoms with Crippen LogP contribution in [0.5, 0.6) is 0 Å². The summed E-state index contributed by atoms with van der Waals surface area (Å²) in [6.45, 7) is 3.43. The molecule has 2 N–H and O–H groups in total. The molecule has 0 aromatic heterocycles. The summed E-state index contributed by atoms with van der Waals surface area (Å²) in [4.78, 5) is 2.47. The lowest BCUT2D eigenvalue weighted by molar-refractivity contribution is 0.233. The molecule has 0 aliphatic heterocycles. The number of hydrogen-bond donors (Lipinski definition) is 1. The van der Waals surface area contributed by atoms with E-state index >= 15 is 0 Å². The highest BCUT2D eigenvalue weighted by Gasteiger charge is 2.30. The number of rotatable bonds is 5. The summed E-state index contributed by atoms with van der Waals surface area (Å²) in [6, 6.07) is 9.40. The predicted molar refractivity (Wildman–Crippen MR) is 72.9 cm³/mol. The second-order valence-corrected chi connectivity index (χ2v) is 5.17. The minimum Gasteiger partial charge on any atom is -0.324 e. The smallest absolute Gasteiger partial charge is 0.0366 e. The van der Waals surface area contributed by atoms with Gasteiger partial charge in [0.25, 0.3) is 0 Å². The molecule has 0 saturated carbocycles. The minimum atomic E-state index is 0.227. The van der Waals surface area contributed by atoms with Crippen LogP contribution < -0.4 is 5.73 Å². The van der Waals surface area contributed by atoms with Crippen LogP contribution in [0.25, 0.3) is 0 Å². The van der Waals surface area contributed by atoms with Gasteiger partial charge >= 0.3 is 0 Å². The molecule has 17 heavy (non-hydrogen) atoms. The molecule has 0 spiro atoms. The summed E-state index contributed by atoms with van der Waals surface area (Å²) in [6.07, 6.45) is 4.97. The summed E-state index contributed by atoms with van der Waals surface area (Å²) >= 11 is 0. The van der Waals surface area contributed by atoms with Crippen LogP contribution in [-0.4, -0.2) is 18.5 Å². The first kappa shape index (κ1) is 12.6. The maximum Gasteiger partial charge on any atom is 0.0366 e. The maximum atomic E-state index is 6.20. The van der Waals surface area contributed by atoms with Crippen molar-refractivity contribution in [3.05, 3.63) is 35.4 Å². The average Bonchev–Trinajstić information content (AvgIpc) is 2.68. The molecule has 0 radical (unpaired) electrons. The van der Waals surface area contributed by atoms with Crippen LogP contribution in [0.1, 0.15) is 55.8 Å². The molecule has 1 aromatic rings. The van der Waals surface area contributed by atoms with E-state index in [4.69, 9.17) is 5.73 Å². The van der Waals surface area contributed by atoms with Crippen molar-refractivity contribution < 1.29 is 0 Å². The van der Waals surface area contributed by atoms with Crippen molar-refractivity contribution in [1.29, 1.82) is 0 Å². The van der Waals surface area contributed by atoms with Crippen molar-refractivity contribution in [3.8, 4) is 0 Å². The zero-order chi connectivity index (χ0) is 12.3. The minimum absolute atomic E-state index is 0.227. The normalized spacial score (nSPS) is 23.1. The zero-order valence-corrected chi connectivity index (χ0v) is 11.0. The molecule has 0 fully saturated rings. The number of nitrogens with zero attached hydrogens (tertiary/aromatic N) is 1. The second-order valence-electron chi connectivity index (χ2n) is 5.17. The van der Waals surface area contributed by atoms with Gasteiger partial charge in [0.05, 0.1) is 0 Å². The van der Waals surface area contributed by atoms with Crippen LogP contribution in [-0.2, 0) is 0 Å². The summed E-state index contributed by atoms with van der Waals surface area (Å²) < 4.78 is 0. The van der Waals surface area contributed by atoms with Crippen molar-refractivity contribution in [2.24, 2.45) is 5.73 Å². The van der Waals surface area contributed by atoms with E-state index in [1.807, 2.05) is 0 Å². The van der Waals surface area contributed by atoms with Gasteiger partial charge in [0.1, 0.15) is 0 Å². The molecule has 2 unspecified atom stereocenters. The molecular weight excluding hydrogens is 208 g/mol. The molecule has 1 aliphatic rings. The fraction of sp³-hybridized carbons (Fsp3) is 0.600. The van der Waals surface area contributed by atoms with Crippen LogP contribution in [0, 0.1) is 0 Å². The Kier molecular flexibility index (Phi) is 4.19. The first-order valence-electron chi connectivity index (χ1n) is 6.78. The van der Waals surface area contributed by atoms with E-state index in [-0.39, 0.29) is 6.04 Å². The largest absolute Gasteiger partial charge is 0.324 e. The molecule has 0 heterocycles. The zero-order valence-electron chi connectivity index (χ0n) is 11.0. The maximum absolute atomic E-state index is 6.20. The van der Waals surface area contributed by atoms with Crippen LogP contribution >= 0.6 is 0 Å². The predicted octanol–water partition coefficient (Wildman–Crippen LogP) is 3.25. The Hall–Kier alpha value is -0.860. The number of benzene rings is 1. The van der Waals surface area contributed by atoms with Crippen LogP contribution in [0.2, 0.25) is 0 Å². The van der Waals surface area contributed by atoms with Gasteiger partial charge in [-0.2, -0.15) is 0 Å². The van der Waals surface area contributed by atoms with Crippen molar-refractivity contribution in [2.75, 3.05) is 13.6 Å². The molecule has 1 aromatic carbocycles. The third-order valence-electron chi connectivity index (χ3n) is 3.88. The van der Waals surface area contributed by atoms with E-state index in [0.717, 1.165) is 6.42 Å². The molecule has 0 saturated heterocycles. The van der Waals surface area contributed by atoms with Crippen molar-refractivity contribution in [1.82, 2.24) is 4.90 Å². The Balaban J connectivity index is 2.03. The third kappa shape index (κ3) is 2.70. The Bertz CT molecular complexity index is 362. The quantitative estimate of drug-likeness (QED) is 0.790. The molecule has 0 amide bonds. The van der Waals surface area contributed by atoms with Gasteiger partial charge in [-0.3, -0.25) is 4.90 Å². The second kappa shape index (κ2) is 5.65. The molecule has 2 rings (SSSR count). The van der Waals surface area contributed by atoms with Crippen LogP contribution in [0.3, 0.4) is 0 Å². The lowest BCUT2D eigenvalue weighted by Crippen LogP contribution is -2.24.